The van der Waals surface area contributed by atoms with Gasteiger partial charge in [0.2, 0.25) is 5.91 Å². The molecule has 1 aliphatic rings. The van der Waals surface area contributed by atoms with Crippen molar-refractivity contribution in [2.75, 3.05) is 31.1 Å². The first-order valence-corrected chi connectivity index (χ1v) is 10.7. The van der Waals surface area contributed by atoms with E-state index < -0.39 is 0 Å². The second-order valence-electron chi connectivity index (χ2n) is 7.81. The summed E-state index contributed by atoms with van der Waals surface area (Å²) in [5, 5.41) is 4.66. The average Bonchev–Trinajstić information content (AvgIpc) is 3.15. The maximum Gasteiger partial charge on any atom is 0.244 e. The lowest BCUT2D eigenvalue weighted by Crippen LogP contribution is -2.49. The van der Waals surface area contributed by atoms with Crippen LogP contribution >= 0.6 is 0 Å². The van der Waals surface area contributed by atoms with E-state index in [4.69, 9.17) is 0 Å². The number of benzene rings is 1. The number of nitrogens with zero attached hydrogens (tertiary/aromatic N) is 4. The molecule has 160 valence electrons. The SMILES string of the molecule is CC.CC(C)c1cc(C(C)C)n(CC(=O)N2CCN(c3ccc(F)cc3)CC2)n1. The van der Waals surface area contributed by atoms with E-state index in [1.165, 1.54) is 12.1 Å². The standard InChI is InChI=1S/C21H29FN4O.C2H6/c1-15(2)19-13-20(16(3)4)26(23-19)14-21(27)25-11-9-24(10-12-25)18-7-5-17(22)6-8-18;1-2/h5-8,13,15-16H,9-12,14H2,1-4H3;1-2H3. The van der Waals surface area contributed by atoms with E-state index in [1.807, 2.05) is 23.4 Å². The molecule has 0 radical (unpaired) electrons. The minimum atomic E-state index is -0.228. The number of carbonyl (C=O) groups is 1. The van der Waals surface area contributed by atoms with Crippen LogP contribution in [-0.2, 0) is 11.3 Å². The van der Waals surface area contributed by atoms with E-state index in [-0.39, 0.29) is 18.3 Å². The molecule has 0 spiro atoms. The lowest BCUT2D eigenvalue weighted by atomic mass is 10.1. The molecule has 2 heterocycles. The van der Waals surface area contributed by atoms with Crippen molar-refractivity contribution in [1.82, 2.24) is 14.7 Å². The topological polar surface area (TPSA) is 41.4 Å². The molecule has 1 fully saturated rings. The Morgan fingerprint density at radius 1 is 1.00 bits per heavy atom. The number of halogens is 1. The van der Waals surface area contributed by atoms with Crippen LogP contribution in [0.1, 0.15) is 64.8 Å². The minimum absolute atomic E-state index is 0.106. The Morgan fingerprint density at radius 2 is 1.59 bits per heavy atom. The van der Waals surface area contributed by atoms with Crippen LogP contribution in [0.2, 0.25) is 0 Å². The fourth-order valence-corrected chi connectivity index (χ4v) is 3.42. The van der Waals surface area contributed by atoms with Crippen LogP contribution in [0.25, 0.3) is 0 Å². The number of aromatic nitrogens is 2. The molecule has 0 aliphatic carbocycles. The zero-order valence-corrected chi connectivity index (χ0v) is 18.7. The highest BCUT2D eigenvalue weighted by molar-refractivity contribution is 5.76. The number of anilines is 1. The Morgan fingerprint density at radius 3 is 2.10 bits per heavy atom. The normalized spacial score (nSPS) is 14.2. The first kappa shape index (κ1) is 22.9. The summed E-state index contributed by atoms with van der Waals surface area (Å²) in [5.41, 5.74) is 3.14. The van der Waals surface area contributed by atoms with E-state index in [0.717, 1.165) is 30.2 Å². The Hall–Kier alpha value is -2.37. The number of hydrogen-bond acceptors (Lipinski definition) is 3. The summed E-state index contributed by atoms with van der Waals surface area (Å²) in [6.45, 7) is 15.6. The number of rotatable bonds is 5. The summed E-state index contributed by atoms with van der Waals surface area (Å²) in [5.74, 6) is 0.550. The fraction of sp³-hybridized carbons (Fsp3) is 0.565. The molecule has 1 amide bonds. The van der Waals surface area contributed by atoms with Gasteiger partial charge < -0.3 is 9.80 Å². The number of piperazine rings is 1. The molecule has 6 heteroatoms. The molecule has 1 aromatic carbocycles. The highest BCUT2D eigenvalue weighted by Gasteiger charge is 2.23. The first-order chi connectivity index (χ1) is 13.8. The highest BCUT2D eigenvalue weighted by atomic mass is 19.1. The minimum Gasteiger partial charge on any atom is -0.368 e. The van der Waals surface area contributed by atoms with Gasteiger partial charge in [-0.15, -0.1) is 0 Å². The second kappa shape index (κ2) is 10.4. The van der Waals surface area contributed by atoms with Gasteiger partial charge in [0.25, 0.3) is 0 Å². The van der Waals surface area contributed by atoms with Crippen molar-refractivity contribution in [3.63, 3.8) is 0 Å². The molecule has 3 rings (SSSR count). The zero-order valence-electron chi connectivity index (χ0n) is 18.7. The molecular weight excluding hydrogens is 367 g/mol. The zero-order chi connectivity index (χ0) is 21.6. The third-order valence-electron chi connectivity index (χ3n) is 5.12. The van der Waals surface area contributed by atoms with E-state index in [1.54, 1.807) is 12.1 Å². The molecule has 5 nitrogen and oxygen atoms in total. The van der Waals surface area contributed by atoms with E-state index in [2.05, 4.69) is 43.8 Å². The second-order valence-corrected chi connectivity index (χ2v) is 7.81. The molecule has 1 aliphatic heterocycles. The molecular formula is C23H35FN4O. The summed E-state index contributed by atoms with van der Waals surface area (Å²) in [6.07, 6.45) is 0. The Kier molecular flexibility index (Phi) is 8.23. The fourth-order valence-electron chi connectivity index (χ4n) is 3.42. The van der Waals surface area contributed by atoms with Gasteiger partial charge in [-0.1, -0.05) is 41.5 Å². The smallest absolute Gasteiger partial charge is 0.244 e. The Labute approximate surface area is 174 Å². The van der Waals surface area contributed by atoms with Crippen LogP contribution in [0.15, 0.2) is 30.3 Å². The summed E-state index contributed by atoms with van der Waals surface area (Å²) in [7, 11) is 0. The molecule has 0 bridgehead atoms. The van der Waals surface area contributed by atoms with Crippen molar-refractivity contribution in [2.45, 2.75) is 59.9 Å². The van der Waals surface area contributed by atoms with Crippen molar-refractivity contribution < 1.29 is 9.18 Å². The number of hydrogen-bond donors (Lipinski definition) is 0. The van der Waals surface area contributed by atoms with Gasteiger partial charge in [0, 0.05) is 37.6 Å². The average molecular weight is 403 g/mol. The lowest BCUT2D eigenvalue weighted by molar-refractivity contribution is -0.132. The third kappa shape index (κ3) is 5.81. The maximum atomic E-state index is 13.1. The molecule has 0 N–H and O–H groups in total. The summed E-state index contributed by atoms with van der Waals surface area (Å²) >= 11 is 0. The van der Waals surface area contributed by atoms with E-state index >= 15 is 0 Å². The summed E-state index contributed by atoms with van der Waals surface area (Å²) in [6, 6.07) is 8.65. The van der Waals surface area contributed by atoms with Gasteiger partial charge in [-0.25, -0.2) is 4.39 Å². The van der Waals surface area contributed by atoms with Gasteiger partial charge in [0.1, 0.15) is 12.4 Å². The number of carbonyl (C=O) groups excluding carboxylic acids is 1. The van der Waals surface area contributed by atoms with Gasteiger partial charge in [0.05, 0.1) is 5.69 Å². The lowest BCUT2D eigenvalue weighted by Gasteiger charge is -2.36. The molecule has 2 aromatic rings. The monoisotopic (exact) mass is 402 g/mol. The molecule has 1 aromatic heterocycles. The van der Waals surface area contributed by atoms with Gasteiger partial charge in [0.15, 0.2) is 0 Å². The summed E-state index contributed by atoms with van der Waals surface area (Å²) < 4.78 is 15.0. The van der Waals surface area contributed by atoms with Crippen LogP contribution in [0.3, 0.4) is 0 Å². The third-order valence-corrected chi connectivity index (χ3v) is 5.12. The Balaban J connectivity index is 0.00000145. The molecule has 1 saturated heterocycles. The van der Waals surface area contributed by atoms with E-state index in [0.29, 0.717) is 24.9 Å². The number of amides is 1. The van der Waals surface area contributed by atoms with Crippen molar-refractivity contribution in [3.05, 3.63) is 47.5 Å². The van der Waals surface area contributed by atoms with Crippen LogP contribution < -0.4 is 4.90 Å². The van der Waals surface area contributed by atoms with Crippen LogP contribution in [0.5, 0.6) is 0 Å². The predicted molar refractivity (Wildman–Crippen MR) is 117 cm³/mol. The highest BCUT2D eigenvalue weighted by Crippen LogP contribution is 2.21. The van der Waals surface area contributed by atoms with Crippen LogP contribution in [0, 0.1) is 5.82 Å². The Bertz CT molecular complexity index is 775. The molecule has 29 heavy (non-hydrogen) atoms. The molecule has 0 atom stereocenters. The quantitative estimate of drug-likeness (QED) is 0.731. The maximum absolute atomic E-state index is 13.1. The van der Waals surface area contributed by atoms with Crippen molar-refractivity contribution in [3.8, 4) is 0 Å². The molecule has 0 saturated carbocycles. The van der Waals surface area contributed by atoms with Crippen LogP contribution in [-0.4, -0.2) is 46.8 Å². The van der Waals surface area contributed by atoms with Gasteiger partial charge in [-0.2, -0.15) is 5.10 Å². The van der Waals surface area contributed by atoms with Gasteiger partial charge >= 0.3 is 0 Å². The van der Waals surface area contributed by atoms with Crippen molar-refractivity contribution in [1.29, 1.82) is 0 Å². The van der Waals surface area contributed by atoms with Crippen molar-refractivity contribution >= 4 is 11.6 Å². The van der Waals surface area contributed by atoms with Gasteiger partial charge in [-0.05, 0) is 42.2 Å². The van der Waals surface area contributed by atoms with Crippen molar-refractivity contribution in [2.24, 2.45) is 0 Å². The van der Waals surface area contributed by atoms with E-state index in [9.17, 15) is 9.18 Å². The first-order valence-electron chi connectivity index (χ1n) is 10.7. The molecule has 0 unspecified atom stereocenters. The summed E-state index contributed by atoms with van der Waals surface area (Å²) in [4.78, 5) is 16.9. The predicted octanol–water partition coefficient (Wildman–Crippen LogP) is 4.64. The van der Waals surface area contributed by atoms with Crippen LogP contribution in [0.4, 0.5) is 10.1 Å². The largest absolute Gasteiger partial charge is 0.368 e. The van der Waals surface area contributed by atoms with Gasteiger partial charge in [-0.3, -0.25) is 9.48 Å².